The summed E-state index contributed by atoms with van der Waals surface area (Å²) >= 11 is 0. The third-order valence-electron chi connectivity index (χ3n) is 7.21. The molecule has 206 valence electrons. The van der Waals surface area contributed by atoms with E-state index in [-0.39, 0.29) is 0 Å². The molecule has 0 radical (unpaired) electrons. The van der Waals surface area contributed by atoms with Crippen molar-refractivity contribution in [1.29, 1.82) is 0 Å². The molecule has 0 atom stereocenters. The van der Waals surface area contributed by atoms with Crippen molar-refractivity contribution in [2.75, 3.05) is 85.7 Å². The molecule has 0 aromatic heterocycles. The lowest BCUT2D eigenvalue weighted by Crippen LogP contribution is -2.45. The highest BCUT2D eigenvalue weighted by Crippen LogP contribution is 2.21. The standard InChI is InChI=1S/C16H26N2O.C15H24N2O/c1-14(2)15-5-4-6-16(13-15)19-12-11-18-9-7-17(3)8-10-18;1-13(2)14-4-3-5-15(12-14)18-11-10-17-8-6-16-7-9-17/h4-6,13-14H,7-12H2,1-3H3;3-5,12-13,16H,6-11H2,1-2H3. The highest BCUT2D eigenvalue weighted by molar-refractivity contribution is 5.31. The lowest BCUT2D eigenvalue weighted by atomic mass is 10.0. The number of hydrogen-bond donors (Lipinski definition) is 1. The fraction of sp³-hybridized carbons (Fsp3) is 0.613. The van der Waals surface area contributed by atoms with Gasteiger partial charge in [0.25, 0.3) is 0 Å². The smallest absolute Gasteiger partial charge is 0.119 e. The van der Waals surface area contributed by atoms with Crippen LogP contribution in [-0.4, -0.2) is 100 Å². The number of hydrogen-bond acceptors (Lipinski definition) is 6. The van der Waals surface area contributed by atoms with Crippen molar-refractivity contribution in [3.8, 4) is 11.5 Å². The normalized spacial score (nSPS) is 17.5. The predicted molar refractivity (Wildman–Crippen MR) is 155 cm³/mol. The Hall–Kier alpha value is -2.12. The molecule has 0 unspecified atom stereocenters. The molecule has 2 aromatic rings. The number of piperazine rings is 2. The third kappa shape index (κ3) is 11.0. The van der Waals surface area contributed by atoms with Gasteiger partial charge >= 0.3 is 0 Å². The molecular weight excluding hydrogens is 460 g/mol. The maximum Gasteiger partial charge on any atom is 0.119 e. The summed E-state index contributed by atoms with van der Waals surface area (Å²) in [7, 11) is 2.19. The molecular formula is C31H50N4O2. The number of nitrogens with zero attached hydrogens (tertiary/aromatic N) is 3. The summed E-state index contributed by atoms with van der Waals surface area (Å²) in [6.07, 6.45) is 0. The van der Waals surface area contributed by atoms with Gasteiger partial charge in [0.15, 0.2) is 0 Å². The van der Waals surface area contributed by atoms with E-state index in [0.29, 0.717) is 11.8 Å². The Morgan fingerprint density at radius 1 is 0.676 bits per heavy atom. The van der Waals surface area contributed by atoms with Crippen LogP contribution < -0.4 is 14.8 Å². The molecule has 0 aliphatic carbocycles. The summed E-state index contributed by atoms with van der Waals surface area (Å²) in [6, 6.07) is 16.9. The molecule has 0 saturated carbocycles. The second-order valence-electron chi connectivity index (χ2n) is 10.9. The fourth-order valence-corrected chi connectivity index (χ4v) is 4.52. The quantitative estimate of drug-likeness (QED) is 0.507. The molecule has 2 saturated heterocycles. The van der Waals surface area contributed by atoms with Gasteiger partial charge in [-0.1, -0.05) is 52.0 Å². The minimum Gasteiger partial charge on any atom is -0.492 e. The molecule has 0 bridgehead atoms. The van der Waals surface area contributed by atoms with Crippen molar-refractivity contribution in [1.82, 2.24) is 20.0 Å². The first-order chi connectivity index (χ1) is 17.9. The Bertz CT molecular complexity index is 890. The Morgan fingerprint density at radius 3 is 1.59 bits per heavy atom. The molecule has 2 aliphatic heterocycles. The molecule has 0 amide bonds. The largest absolute Gasteiger partial charge is 0.492 e. The van der Waals surface area contributed by atoms with E-state index >= 15 is 0 Å². The second-order valence-corrected chi connectivity index (χ2v) is 10.9. The van der Waals surface area contributed by atoms with Gasteiger partial charge in [-0.25, -0.2) is 0 Å². The van der Waals surface area contributed by atoms with Gasteiger partial charge in [0, 0.05) is 65.4 Å². The SMILES string of the molecule is CC(C)c1cccc(OCCN2CCN(C)CC2)c1.CC(C)c1cccc(OCCN2CCNCC2)c1. The summed E-state index contributed by atoms with van der Waals surface area (Å²) in [5.41, 5.74) is 2.69. The fourth-order valence-electron chi connectivity index (χ4n) is 4.52. The molecule has 0 spiro atoms. The van der Waals surface area contributed by atoms with Crippen molar-refractivity contribution in [2.45, 2.75) is 39.5 Å². The van der Waals surface area contributed by atoms with Gasteiger partial charge < -0.3 is 19.7 Å². The van der Waals surface area contributed by atoms with E-state index in [2.05, 4.69) is 97.2 Å². The minimum atomic E-state index is 0.557. The topological polar surface area (TPSA) is 40.2 Å². The number of nitrogens with one attached hydrogen (secondary N) is 1. The maximum atomic E-state index is 5.87. The van der Waals surface area contributed by atoms with E-state index in [4.69, 9.17) is 9.47 Å². The second kappa shape index (κ2) is 16.0. The average Bonchev–Trinajstić information content (AvgIpc) is 2.91. The van der Waals surface area contributed by atoms with Gasteiger partial charge in [0.05, 0.1) is 0 Å². The van der Waals surface area contributed by atoms with Gasteiger partial charge in [-0.2, -0.15) is 0 Å². The maximum absolute atomic E-state index is 5.87. The summed E-state index contributed by atoms with van der Waals surface area (Å²) in [5, 5.41) is 3.36. The zero-order valence-corrected chi connectivity index (χ0v) is 23.9. The van der Waals surface area contributed by atoms with Crippen LogP contribution in [0.15, 0.2) is 48.5 Å². The van der Waals surface area contributed by atoms with Gasteiger partial charge in [-0.05, 0) is 54.3 Å². The molecule has 2 aliphatic rings. The summed E-state index contributed by atoms with van der Waals surface area (Å²) in [6.45, 7) is 21.6. The summed E-state index contributed by atoms with van der Waals surface area (Å²) < 4.78 is 11.7. The van der Waals surface area contributed by atoms with Gasteiger partial charge in [0.2, 0.25) is 0 Å². The van der Waals surface area contributed by atoms with Crippen molar-refractivity contribution in [3.05, 3.63) is 59.7 Å². The van der Waals surface area contributed by atoms with Crippen LogP contribution in [0.25, 0.3) is 0 Å². The molecule has 4 rings (SSSR count). The van der Waals surface area contributed by atoms with E-state index in [1.807, 2.05) is 6.07 Å². The van der Waals surface area contributed by atoms with E-state index in [9.17, 15) is 0 Å². The Morgan fingerprint density at radius 2 is 1.14 bits per heavy atom. The minimum absolute atomic E-state index is 0.557. The van der Waals surface area contributed by atoms with E-state index in [0.717, 1.165) is 77.1 Å². The van der Waals surface area contributed by atoms with Crippen LogP contribution >= 0.6 is 0 Å². The Kier molecular flexibility index (Phi) is 12.7. The van der Waals surface area contributed by atoms with Crippen LogP contribution in [0.5, 0.6) is 11.5 Å². The summed E-state index contributed by atoms with van der Waals surface area (Å²) in [4.78, 5) is 7.30. The van der Waals surface area contributed by atoms with Crippen LogP contribution in [0.3, 0.4) is 0 Å². The van der Waals surface area contributed by atoms with Crippen LogP contribution in [0.4, 0.5) is 0 Å². The highest BCUT2D eigenvalue weighted by atomic mass is 16.5. The van der Waals surface area contributed by atoms with Gasteiger partial charge in [0.1, 0.15) is 24.7 Å². The monoisotopic (exact) mass is 510 g/mol. The molecule has 6 heteroatoms. The van der Waals surface area contributed by atoms with Crippen molar-refractivity contribution >= 4 is 0 Å². The molecule has 1 N–H and O–H groups in total. The molecule has 2 aromatic carbocycles. The van der Waals surface area contributed by atoms with Crippen LogP contribution in [0.2, 0.25) is 0 Å². The van der Waals surface area contributed by atoms with Crippen molar-refractivity contribution in [2.24, 2.45) is 0 Å². The third-order valence-corrected chi connectivity index (χ3v) is 7.21. The van der Waals surface area contributed by atoms with Crippen LogP contribution in [0.1, 0.15) is 50.7 Å². The first-order valence-corrected chi connectivity index (χ1v) is 14.2. The van der Waals surface area contributed by atoms with E-state index in [1.165, 1.54) is 24.2 Å². The van der Waals surface area contributed by atoms with Crippen LogP contribution in [0, 0.1) is 0 Å². The molecule has 2 heterocycles. The average molecular weight is 511 g/mol. The lowest BCUT2D eigenvalue weighted by Gasteiger charge is -2.32. The predicted octanol–water partition coefficient (Wildman–Crippen LogP) is 4.53. The van der Waals surface area contributed by atoms with Crippen molar-refractivity contribution in [3.63, 3.8) is 0 Å². The number of ether oxygens (including phenoxy) is 2. The zero-order chi connectivity index (χ0) is 26.5. The van der Waals surface area contributed by atoms with Crippen LogP contribution in [-0.2, 0) is 0 Å². The Labute approximate surface area is 225 Å². The van der Waals surface area contributed by atoms with Gasteiger partial charge in [-0.15, -0.1) is 0 Å². The highest BCUT2D eigenvalue weighted by Gasteiger charge is 2.13. The van der Waals surface area contributed by atoms with E-state index < -0.39 is 0 Å². The molecule has 2 fully saturated rings. The Balaban J connectivity index is 0.000000206. The zero-order valence-electron chi connectivity index (χ0n) is 23.9. The molecule has 37 heavy (non-hydrogen) atoms. The summed E-state index contributed by atoms with van der Waals surface area (Å²) in [5.74, 6) is 3.11. The lowest BCUT2D eigenvalue weighted by molar-refractivity contribution is 0.133. The van der Waals surface area contributed by atoms with Crippen molar-refractivity contribution < 1.29 is 9.47 Å². The van der Waals surface area contributed by atoms with E-state index in [1.54, 1.807) is 0 Å². The number of likely N-dealkylation sites (N-methyl/N-ethyl adjacent to an activating group) is 1. The molecule has 6 nitrogen and oxygen atoms in total. The van der Waals surface area contributed by atoms with Gasteiger partial charge in [-0.3, -0.25) is 9.80 Å². The number of benzene rings is 2. The first kappa shape index (κ1) is 29.4. The first-order valence-electron chi connectivity index (χ1n) is 14.2. The number of rotatable bonds is 10.